The molecule has 1 aromatic rings. The van der Waals surface area contributed by atoms with E-state index in [2.05, 4.69) is 50.9 Å². The van der Waals surface area contributed by atoms with E-state index in [0.29, 0.717) is 6.73 Å². The van der Waals surface area contributed by atoms with E-state index in [1.54, 1.807) is 0 Å². The maximum absolute atomic E-state index is 5.50. The number of fused-ring (bicyclic) bond motifs is 1. The minimum absolute atomic E-state index is 0.207. The molecule has 1 aliphatic rings. The highest BCUT2D eigenvalue weighted by molar-refractivity contribution is 5.62. The minimum atomic E-state index is 0.207. The third-order valence-corrected chi connectivity index (χ3v) is 2.65. The molecule has 0 amide bonds. The fourth-order valence-electron chi connectivity index (χ4n) is 1.64. The second-order valence-corrected chi connectivity index (χ2v) is 4.90. The summed E-state index contributed by atoms with van der Waals surface area (Å²) >= 11 is 0. The molecule has 2 nitrogen and oxygen atoms in total. The molecule has 0 radical (unpaired) electrons. The van der Waals surface area contributed by atoms with Crippen LogP contribution >= 0.6 is 0 Å². The Labute approximate surface area is 85.5 Å². The maximum atomic E-state index is 5.50. The van der Waals surface area contributed by atoms with Gasteiger partial charge in [0.15, 0.2) is 6.73 Å². The third-order valence-electron chi connectivity index (χ3n) is 2.65. The zero-order chi connectivity index (χ0) is 10.3. The summed E-state index contributed by atoms with van der Waals surface area (Å²) in [6.07, 6.45) is 0. The standard InChI is InChI=1S/C12H17NO/c1-12(2,3)9-5-6-11-10(7-9)13(4)8-14-11/h5-7H,8H2,1-4H3. The van der Waals surface area contributed by atoms with Crippen LogP contribution < -0.4 is 9.64 Å². The third kappa shape index (κ3) is 1.45. The van der Waals surface area contributed by atoms with E-state index in [9.17, 15) is 0 Å². The van der Waals surface area contributed by atoms with E-state index >= 15 is 0 Å². The molecule has 0 bridgehead atoms. The molecule has 0 saturated heterocycles. The predicted octanol–water partition coefficient (Wildman–Crippen LogP) is 2.77. The molecule has 0 unspecified atom stereocenters. The van der Waals surface area contributed by atoms with Gasteiger partial charge in [0, 0.05) is 7.05 Å². The molecule has 0 spiro atoms. The number of hydrogen-bond acceptors (Lipinski definition) is 2. The monoisotopic (exact) mass is 191 g/mol. The Hall–Kier alpha value is -1.18. The van der Waals surface area contributed by atoms with Crippen molar-refractivity contribution in [2.45, 2.75) is 26.2 Å². The van der Waals surface area contributed by atoms with Gasteiger partial charge in [-0.2, -0.15) is 0 Å². The average molecular weight is 191 g/mol. The largest absolute Gasteiger partial charge is 0.471 e. The highest BCUT2D eigenvalue weighted by atomic mass is 16.5. The van der Waals surface area contributed by atoms with Crippen LogP contribution in [0.25, 0.3) is 0 Å². The van der Waals surface area contributed by atoms with Crippen LogP contribution in [0.3, 0.4) is 0 Å². The molecule has 0 atom stereocenters. The minimum Gasteiger partial charge on any atom is -0.471 e. The lowest BCUT2D eigenvalue weighted by Gasteiger charge is -2.20. The fraction of sp³-hybridized carbons (Fsp3) is 0.500. The van der Waals surface area contributed by atoms with Crippen LogP contribution in [0.15, 0.2) is 18.2 Å². The molecule has 14 heavy (non-hydrogen) atoms. The number of benzene rings is 1. The smallest absolute Gasteiger partial charge is 0.161 e. The van der Waals surface area contributed by atoms with Crippen molar-refractivity contribution < 1.29 is 4.74 Å². The van der Waals surface area contributed by atoms with Crippen molar-refractivity contribution in [3.63, 3.8) is 0 Å². The van der Waals surface area contributed by atoms with Gasteiger partial charge >= 0.3 is 0 Å². The summed E-state index contributed by atoms with van der Waals surface area (Å²) in [6.45, 7) is 7.35. The average Bonchev–Trinajstić information content (AvgIpc) is 2.46. The molecule has 0 aliphatic carbocycles. The van der Waals surface area contributed by atoms with Gasteiger partial charge in [-0.25, -0.2) is 0 Å². The summed E-state index contributed by atoms with van der Waals surface area (Å²) in [6, 6.07) is 6.44. The predicted molar refractivity (Wildman–Crippen MR) is 59.0 cm³/mol. The first-order valence-electron chi connectivity index (χ1n) is 4.97. The van der Waals surface area contributed by atoms with Crippen LogP contribution in [0.2, 0.25) is 0 Å². The molecule has 76 valence electrons. The Kier molecular flexibility index (Phi) is 1.95. The van der Waals surface area contributed by atoms with Crippen LogP contribution in [0.4, 0.5) is 5.69 Å². The van der Waals surface area contributed by atoms with Gasteiger partial charge in [0.05, 0.1) is 5.69 Å². The summed E-state index contributed by atoms with van der Waals surface area (Å²) in [5.41, 5.74) is 2.77. The van der Waals surface area contributed by atoms with Crippen molar-refractivity contribution >= 4 is 5.69 Å². The van der Waals surface area contributed by atoms with Crippen molar-refractivity contribution in [2.24, 2.45) is 0 Å². The quantitative estimate of drug-likeness (QED) is 0.625. The van der Waals surface area contributed by atoms with Crippen LogP contribution in [-0.2, 0) is 5.41 Å². The lowest BCUT2D eigenvalue weighted by molar-refractivity contribution is 0.353. The zero-order valence-corrected chi connectivity index (χ0v) is 9.29. The summed E-state index contributed by atoms with van der Waals surface area (Å²) in [4.78, 5) is 2.13. The topological polar surface area (TPSA) is 12.5 Å². The molecular weight excluding hydrogens is 174 g/mol. The highest BCUT2D eigenvalue weighted by Gasteiger charge is 2.21. The normalized spacial score (nSPS) is 15.3. The SMILES string of the molecule is CN1COc2ccc(C(C)(C)C)cc21. The molecule has 2 heteroatoms. The molecule has 0 aromatic heterocycles. The Morgan fingerprint density at radius 1 is 1.29 bits per heavy atom. The van der Waals surface area contributed by atoms with Gasteiger partial charge < -0.3 is 9.64 Å². The van der Waals surface area contributed by atoms with Gasteiger partial charge in [-0.15, -0.1) is 0 Å². The molecule has 0 fully saturated rings. The van der Waals surface area contributed by atoms with Crippen LogP contribution in [0.1, 0.15) is 26.3 Å². The Balaban J connectivity index is 2.45. The fourth-order valence-corrected chi connectivity index (χ4v) is 1.64. The van der Waals surface area contributed by atoms with E-state index in [1.165, 1.54) is 11.3 Å². The number of rotatable bonds is 0. The van der Waals surface area contributed by atoms with E-state index in [-0.39, 0.29) is 5.41 Å². The van der Waals surface area contributed by atoms with Crippen LogP contribution in [-0.4, -0.2) is 13.8 Å². The van der Waals surface area contributed by atoms with Gasteiger partial charge in [0.2, 0.25) is 0 Å². The van der Waals surface area contributed by atoms with E-state index < -0.39 is 0 Å². The first kappa shape index (κ1) is 9.38. The lowest BCUT2D eigenvalue weighted by atomic mass is 9.87. The number of ether oxygens (including phenoxy) is 1. The molecule has 0 saturated carbocycles. The first-order valence-corrected chi connectivity index (χ1v) is 4.97. The van der Waals surface area contributed by atoms with Crippen LogP contribution in [0.5, 0.6) is 5.75 Å². The Bertz CT molecular complexity index is 352. The molecule has 1 aliphatic heterocycles. The number of nitrogens with zero attached hydrogens (tertiary/aromatic N) is 1. The first-order chi connectivity index (χ1) is 6.48. The second-order valence-electron chi connectivity index (χ2n) is 4.90. The molecule has 0 N–H and O–H groups in total. The maximum Gasteiger partial charge on any atom is 0.161 e. The molecule has 2 rings (SSSR count). The lowest BCUT2D eigenvalue weighted by Crippen LogP contribution is -2.16. The number of anilines is 1. The summed E-state index contributed by atoms with van der Waals surface area (Å²) in [5, 5.41) is 0. The van der Waals surface area contributed by atoms with Gasteiger partial charge in [0.25, 0.3) is 0 Å². The van der Waals surface area contributed by atoms with Gasteiger partial charge in [-0.1, -0.05) is 26.8 Å². The molecule has 1 aromatic carbocycles. The van der Waals surface area contributed by atoms with Gasteiger partial charge in [-0.3, -0.25) is 0 Å². The van der Waals surface area contributed by atoms with Crippen LogP contribution in [0, 0.1) is 0 Å². The van der Waals surface area contributed by atoms with E-state index in [1.807, 2.05) is 0 Å². The van der Waals surface area contributed by atoms with Crippen molar-refractivity contribution in [3.8, 4) is 5.75 Å². The van der Waals surface area contributed by atoms with E-state index in [4.69, 9.17) is 4.74 Å². The molecule has 1 heterocycles. The zero-order valence-electron chi connectivity index (χ0n) is 9.29. The Morgan fingerprint density at radius 3 is 2.64 bits per heavy atom. The Morgan fingerprint density at radius 2 is 2.00 bits per heavy atom. The summed E-state index contributed by atoms with van der Waals surface area (Å²) in [5.74, 6) is 1.00. The highest BCUT2D eigenvalue weighted by Crippen LogP contribution is 2.36. The van der Waals surface area contributed by atoms with Crippen molar-refractivity contribution in [1.29, 1.82) is 0 Å². The van der Waals surface area contributed by atoms with Gasteiger partial charge in [0.1, 0.15) is 5.75 Å². The van der Waals surface area contributed by atoms with Gasteiger partial charge in [-0.05, 0) is 23.1 Å². The van der Waals surface area contributed by atoms with Crippen molar-refractivity contribution in [3.05, 3.63) is 23.8 Å². The summed E-state index contributed by atoms with van der Waals surface area (Å²) < 4.78 is 5.50. The summed E-state index contributed by atoms with van der Waals surface area (Å²) in [7, 11) is 2.05. The van der Waals surface area contributed by atoms with Crippen molar-refractivity contribution in [2.75, 3.05) is 18.7 Å². The number of hydrogen-bond donors (Lipinski definition) is 0. The van der Waals surface area contributed by atoms with E-state index in [0.717, 1.165) is 5.75 Å². The second kappa shape index (κ2) is 2.91. The van der Waals surface area contributed by atoms with Crippen molar-refractivity contribution in [1.82, 2.24) is 0 Å². The molecular formula is C12H17NO.